The molecule has 1 atom stereocenters. The fourth-order valence-corrected chi connectivity index (χ4v) is 5.28. The molecular formula is C25H32N4O5. The van der Waals surface area contributed by atoms with E-state index in [4.69, 9.17) is 4.74 Å². The highest BCUT2D eigenvalue weighted by molar-refractivity contribution is 5.98. The van der Waals surface area contributed by atoms with E-state index in [0.29, 0.717) is 31.9 Å². The average molecular weight is 469 g/mol. The number of methoxy groups -OCH3 is 1. The predicted octanol–water partition coefficient (Wildman–Crippen LogP) is 1.70. The van der Waals surface area contributed by atoms with Crippen molar-refractivity contribution in [3.63, 3.8) is 0 Å². The van der Waals surface area contributed by atoms with Crippen LogP contribution in [0.2, 0.25) is 0 Å². The molecule has 1 aromatic heterocycles. The first-order chi connectivity index (χ1) is 16.2. The number of piperidine rings is 1. The third-order valence-electron chi connectivity index (χ3n) is 7.32. The minimum absolute atomic E-state index is 0.0138. The number of aryl methyl sites for hydroxylation is 1. The number of carbonyl (C=O) groups is 4. The Hall–Kier alpha value is -3.36. The van der Waals surface area contributed by atoms with Crippen molar-refractivity contribution in [3.05, 3.63) is 36.0 Å². The van der Waals surface area contributed by atoms with E-state index < -0.39 is 12.0 Å². The Balaban J connectivity index is 1.36. The van der Waals surface area contributed by atoms with Crippen LogP contribution in [-0.2, 0) is 26.2 Å². The third kappa shape index (κ3) is 4.64. The molecule has 9 heteroatoms. The summed E-state index contributed by atoms with van der Waals surface area (Å²) in [6, 6.07) is 8.93. The number of rotatable bonds is 5. The number of nitrogens with zero attached hydrogens (tertiary/aromatic N) is 3. The Morgan fingerprint density at radius 3 is 2.32 bits per heavy atom. The van der Waals surface area contributed by atoms with Gasteiger partial charge in [0.05, 0.1) is 13.5 Å². The number of nitrogens with one attached hydrogen (secondary N) is 1. The quantitative estimate of drug-likeness (QED) is 0.674. The molecule has 1 spiro atoms. The number of hydrogen-bond donors (Lipinski definition) is 1. The molecule has 0 saturated carbocycles. The van der Waals surface area contributed by atoms with Crippen LogP contribution in [0.25, 0.3) is 10.9 Å². The zero-order valence-corrected chi connectivity index (χ0v) is 20.0. The van der Waals surface area contributed by atoms with Gasteiger partial charge in [-0.3, -0.25) is 14.4 Å². The molecule has 1 N–H and O–H groups in total. The van der Waals surface area contributed by atoms with Gasteiger partial charge < -0.3 is 24.4 Å². The third-order valence-corrected chi connectivity index (χ3v) is 7.32. The molecule has 0 bridgehead atoms. The van der Waals surface area contributed by atoms with Crippen LogP contribution in [0.3, 0.4) is 0 Å². The lowest BCUT2D eigenvalue weighted by atomic mass is 9.77. The number of ether oxygens (including phenoxy) is 1. The molecule has 0 aliphatic carbocycles. The van der Waals surface area contributed by atoms with E-state index >= 15 is 0 Å². The first kappa shape index (κ1) is 23.8. The lowest BCUT2D eigenvalue weighted by Crippen LogP contribution is -2.46. The summed E-state index contributed by atoms with van der Waals surface area (Å²) in [4.78, 5) is 53.1. The van der Waals surface area contributed by atoms with E-state index in [1.807, 2.05) is 46.8 Å². The lowest BCUT2D eigenvalue weighted by Gasteiger charge is -2.39. The first-order valence-electron chi connectivity index (χ1n) is 11.7. The standard InChI is InChI=1S/C25H32N4O5/c1-17(30)26-19(24(33)34-3)15-22(31)29-13-10-25(16-29)8-11-28(12-9-25)23(32)21-14-18-6-4-5-7-20(18)27(21)2/h4-7,14,19H,8-13,15-16H2,1-3H3,(H,26,30). The van der Waals surface area contributed by atoms with Gasteiger partial charge in [0.1, 0.15) is 11.7 Å². The zero-order chi connectivity index (χ0) is 24.5. The van der Waals surface area contributed by atoms with Crippen LogP contribution in [-0.4, -0.2) is 77.4 Å². The van der Waals surface area contributed by atoms with Crippen molar-refractivity contribution in [1.29, 1.82) is 0 Å². The molecule has 182 valence electrons. The van der Waals surface area contributed by atoms with Gasteiger partial charge in [-0.15, -0.1) is 0 Å². The molecule has 2 aliphatic rings. The highest BCUT2D eigenvalue weighted by atomic mass is 16.5. The summed E-state index contributed by atoms with van der Waals surface area (Å²) >= 11 is 0. The van der Waals surface area contributed by atoms with Crippen LogP contribution in [0, 0.1) is 5.41 Å². The Labute approximate surface area is 199 Å². The molecule has 2 aromatic rings. The second-order valence-electron chi connectivity index (χ2n) is 9.49. The van der Waals surface area contributed by atoms with Crippen molar-refractivity contribution in [1.82, 2.24) is 19.7 Å². The van der Waals surface area contributed by atoms with Crippen molar-refractivity contribution in [3.8, 4) is 0 Å². The highest BCUT2D eigenvalue weighted by Crippen LogP contribution is 2.41. The van der Waals surface area contributed by atoms with Crippen LogP contribution >= 0.6 is 0 Å². The van der Waals surface area contributed by atoms with Gasteiger partial charge in [0.15, 0.2) is 0 Å². The van der Waals surface area contributed by atoms with Gasteiger partial charge in [0, 0.05) is 51.1 Å². The van der Waals surface area contributed by atoms with E-state index in [-0.39, 0.29) is 29.6 Å². The second kappa shape index (κ2) is 9.48. The fraction of sp³-hybridized carbons (Fsp3) is 0.520. The van der Waals surface area contributed by atoms with Crippen LogP contribution in [0.4, 0.5) is 0 Å². The van der Waals surface area contributed by atoms with E-state index in [2.05, 4.69) is 5.32 Å². The van der Waals surface area contributed by atoms with Crippen molar-refractivity contribution in [2.75, 3.05) is 33.3 Å². The summed E-state index contributed by atoms with van der Waals surface area (Å²) in [6.45, 7) is 3.83. The Morgan fingerprint density at radius 1 is 1.06 bits per heavy atom. The largest absolute Gasteiger partial charge is 0.467 e. The maximum atomic E-state index is 13.2. The zero-order valence-electron chi connectivity index (χ0n) is 20.0. The van der Waals surface area contributed by atoms with Crippen molar-refractivity contribution >= 4 is 34.6 Å². The number of amides is 3. The Morgan fingerprint density at radius 2 is 1.71 bits per heavy atom. The van der Waals surface area contributed by atoms with E-state index in [0.717, 1.165) is 30.2 Å². The molecule has 34 heavy (non-hydrogen) atoms. The normalized spacial score (nSPS) is 18.2. The van der Waals surface area contributed by atoms with Gasteiger partial charge in [-0.05, 0) is 36.8 Å². The van der Waals surface area contributed by atoms with Crippen molar-refractivity contribution in [2.45, 2.75) is 38.6 Å². The number of hydrogen-bond acceptors (Lipinski definition) is 5. The minimum atomic E-state index is -0.980. The van der Waals surface area contributed by atoms with Crippen molar-refractivity contribution < 1.29 is 23.9 Å². The number of esters is 1. The maximum absolute atomic E-state index is 13.2. The van der Waals surface area contributed by atoms with Gasteiger partial charge in [-0.2, -0.15) is 0 Å². The van der Waals surface area contributed by atoms with Crippen LogP contribution in [0.1, 0.15) is 43.1 Å². The predicted molar refractivity (Wildman–Crippen MR) is 126 cm³/mol. The molecule has 4 rings (SSSR count). The molecule has 1 unspecified atom stereocenters. The summed E-state index contributed by atoms with van der Waals surface area (Å²) in [6.07, 6.45) is 2.42. The summed E-state index contributed by atoms with van der Waals surface area (Å²) < 4.78 is 6.67. The summed E-state index contributed by atoms with van der Waals surface area (Å²) in [7, 11) is 3.16. The van der Waals surface area contributed by atoms with Crippen LogP contribution < -0.4 is 5.32 Å². The number of carbonyl (C=O) groups excluding carboxylic acids is 4. The number of likely N-dealkylation sites (tertiary alicyclic amines) is 2. The van der Waals surface area contributed by atoms with Gasteiger partial charge in [-0.1, -0.05) is 18.2 Å². The van der Waals surface area contributed by atoms with Crippen LogP contribution in [0.15, 0.2) is 30.3 Å². The van der Waals surface area contributed by atoms with E-state index in [1.165, 1.54) is 14.0 Å². The highest BCUT2D eigenvalue weighted by Gasteiger charge is 2.43. The molecule has 2 saturated heterocycles. The molecular weight excluding hydrogens is 436 g/mol. The number of aromatic nitrogens is 1. The SMILES string of the molecule is COC(=O)C(CC(=O)N1CCC2(CCN(C(=O)c3cc4ccccc4n3C)CC2)C1)NC(C)=O. The Kier molecular flexibility index (Phi) is 6.63. The smallest absolute Gasteiger partial charge is 0.328 e. The number of benzene rings is 1. The van der Waals surface area contributed by atoms with Gasteiger partial charge in [0.2, 0.25) is 11.8 Å². The van der Waals surface area contributed by atoms with E-state index in [1.54, 1.807) is 4.90 Å². The summed E-state index contributed by atoms with van der Waals surface area (Å²) in [5.74, 6) is -1.15. The van der Waals surface area contributed by atoms with Gasteiger partial charge in [0.25, 0.3) is 5.91 Å². The molecule has 2 aliphatic heterocycles. The number of fused-ring (bicyclic) bond motifs is 1. The molecule has 0 radical (unpaired) electrons. The molecule has 3 heterocycles. The minimum Gasteiger partial charge on any atom is -0.467 e. The maximum Gasteiger partial charge on any atom is 0.328 e. The van der Waals surface area contributed by atoms with Gasteiger partial charge in [-0.25, -0.2) is 4.79 Å². The first-order valence-corrected chi connectivity index (χ1v) is 11.7. The van der Waals surface area contributed by atoms with E-state index in [9.17, 15) is 19.2 Å². The fourth-order valence-electron chi connectivity index (χ4n) is 5.28. The second-order valence-corrected chi connectivity index (χ2v) is 9.49. The van der Waals surface area contributed by atoms with Crippen LogP contribution in [0.5, 0.6) is 0 Å². The molecule has 9 nitrogen and oxygen atoms in total. The number of para-hydroxylation sites is 1. The average Bonchev–Trinajstić information content (AvgIpc) is 3.39. The summed E-state index contributed by atoms with van der Waals surface area (Å²) in [5.41, 5.74) is 1.71. The molecule has 3 amide bonds. The molecule has 2 fully saturated rings. The summed E-state index contributed by atoms with van der Waals surface area (Å²) in [5, 5.41) is 3.55. The van der Waals surface area contributed by atoms with Gasteiger partial charge >= 0.3 is 5.97 Å². The monoisotopic (exact) mass is 468 g/mol. The topological polar surface area (TPSA) is 101 Å². The Bertz CT molecular complexity index is 1120. The van der Waals surface area contributed by atoms with Crippen molar-refractivity contribution in [2.24, 2.45) is 12.5 Å². The lowest BCUT2D eigenvalue weighted by molar-refractivity contribution is -0.147. The molecule has 1 aromatic carbocycles.